The molecule has 0 saturated heterocycles. The van der Waals surface area contributed by atoms with Crippen LogP contribution in [0.25, 0.3) is 11.3 Å². The fourth-order valence-electron chi connectivity index (χ4n) is 2.23. The van der Waals surface area contributed by atoms with Gasteiger partial charge in [-0.1, -0.05) is 11.6 Å². The van der Waals surface area contributed by atoms with Crippen LogP contribution in [0.4, 0.5) is 0 Å². The van der Waals surface area contributed by atoms with Crippen molar-refractivity contribution in [1.82, 2.24) is 4.98 Å². The van der Waals surface area contributed by atoms with Gasteiger partial charge in [0.15, 0.2) is 23.9 Å². The second-order valence-corrected chi connectivity index (χ2v) is 5.56. The lowest BCUT2D eigenvalue weighted by molar-refractivity contribution is 0.243. The van der Waals surface area contributed by atoms with E-state index >= 15 is 0 Å². The van der Waals surface area contributed by atoms with Gasteiger partial charge in [-0.15, -0.1) is 0 Å². The molecule has 0 fully saturated rings. The summed E-state index contributed by atoms with van der Waals surface area (Å²) in [5.41, 5.74) is 1.40. The Morgan fingerprint density at radius 1 is 1.12 bits per heavy atom. The maximum absolute atomic E-state index is 8.98. The molecule has 0 unspecified atom stereocenters. The van der Waals surface area contributed by atoms with Crippen LogP contribution in [-0.4, -0.2) is 11.6 Å². The normalized spacial score (nSPS) is 10.3. The van der Waals surface area contributed by atoms with Crippen molar-refractivity contribution in [3.05, 3.63) is 65.1 Å². The molecule has 0 aliphatic rings. The molecule has 1 aromatic heterocycles. The van der Waals surface area contributed by atoms with Crippen LogP contribution in [0.3, 0.4) is 0 Å². The second-order valence-electron chi connectivity index (χ2n) is 5.12. The number of nitrogens with zero attached hydrogens (tertiary/aromatic N) is 2. The average molecular weight is 355 g/mol. The molecule has 0 amide bonds. The van der Waals surface area contributed by atoms with Gasteiger partial charge in [0.25, 0.3) is 0 Å². The van der Waals surface area contributed by atoms with E-state index in [-0.39, 0.29) is 6.61 Å². The molecule has 0 bridgehead atoms. The van der Waals surface area contributed by atoms with Crippen molar-refractivity contribution < 1.29 is 13.9 Å². The number of ether oxygens (including phenoxy) is 2. The Morgan fingerprint density at radius 2 is 1.92 bits per heavy atom. The molecule has 126 valence electrons. The third-order valence-corrected chi connectivity index (χ3v) is 3.66. The summed E-state index contributed by atoms with van der Waals surface area (Å²) in [6.45, 7) is 2.50. The van der Waals surface area contributed by atoms with Crippen LogP contribution >= 0.6 is 11.6 Å². The third-order valence-electron chi connectivity index (χ3n) is 3.41. The fraction of sp³-hybridized carbons (Fsp3) is 0.158. The summed E-state index contributed by atoms with van der Waals surface area (Å²) < 4.78 is 16.9. The zero-order valence-electron chi connectivity index (χ0n) is 13.5. The first-order valence-electron chi connectivity index (χ1n) is 7.70. The van der Waals surface area contributed by atoms with Crippen LogP contribution in [0, 0.1) is 11.3 Å². The number of hydrogen-bond donors (Lipinski definition) is 0. The topological polar surface area (TPSA) is 68.3 Å². The standard InChI is InChI=1S/C19H15ClN2O3/c1-2-23-17-9-13(10-21)3-8-16(17)24-12-19-22-11-18(25-19)14-4-6-15(20)7-5-14/h3-9,11H,2,12H2,1H3. The van der Waals surface area contributed by atoms with Gasteiger partial charge >= 0.3 is 0 Å². The van der Waals surface area contributed by atoms with Crippen LogP contribution in [0.15, 0.2) is 53.1 Å². The Labute approximate surface area is 150 Å². The minimum atomic E-state index is 0.152. The highest BCUT2D eigenvalue weighted by Gasteiger charge is 2.10. The summed E-state index contributed by atoms with van der Waals surface area (Å²) in [4.78, 5) is 4.22. The van der Waals surface area contributed by atoms with Crippen molar-refractivity contribution >= 4 is 11.6 Å². The molecule has 0 atom stereocenters. The van der Waals surface area contributed by atoms with Gasteiger partial charge in [-0.2, -0.15) is 5.26 Å². The molecule has 2 aromatic carbocycles. The monoisotopic (exact) mass is 354 g/mol. The minimum absolute atomic E-state index is 0.152. The predicted octanol–water partition coefficient (Wildman–Crippen LogP) is 4.84. The number of hydrogen-bond acceptors (Lipinski definition) is 5. The molecule has 0 radical (unpaired) electrons. The summed E-state index contributed by atoms with van der Waals surface area (Å²) in [5, 5.41) is 9.64. The lowest BCUT2D eigenvalue weighted by Crippen LogP contribution is -2.00. The highest BCUT2D eigenvalue weighted by Crippen LogP contribution is 2.29. The lowest BCUT2D eigenvalue weighted by atomic mass is 10.2. The Hall–Kier alpha value is -2.97. The first-order chi connectivity index (χ1) is 12.2. The average Bonchev–Trinajstić information content (AvgIpc) is 3.10. The van der Waals surface area contributed by atoms with Gasteiger partial charge in [0.1, 0.15) is 0 Å². The van der Waals surface area contributed by atoms with E-state index in [0.717, 1.165) is 5.56 Å². The molecular formula is C19H15ClN2O3. The van der Waals surface area contributed by atoms with Gasteiger partial charge in [-0.3, -0.25) is 0 Å². The molecule has 3 aromatic rings. The molecule has 0 aliphatic heterocycles. The molecule has 5 nitrogen and oxygen atoms in total. The predicted molar refractivity (Wildman–Crippen MR) is 93.6 cm³/mol. The Bertz CT molecular complexity index is 898. The van der Waals surface area contributed by atoms with Crippen molar-refractivity contribution in [1.29, 1.82) is 5.26 Å². The third kappa shape index (κ3) is 4.11. The van der Waals surface area contributed by atoms with E-state index in [1.807, 2.05) is 19.1 Å². The van der Waals surface area contributed by atoms with Gasteiger partial charge in [0.2, 0.25) is 5.89 Å². The van der Waals surface area contributed by atoms with Crippen molar-refractivity contribution in [2.75, 3.05) is 6.61 Å². The Balaban J connectivity index is 1.72. The first kappa shape index (κ1) is 16.9. The van der Waals surface area contributed by atoms with Crippen LogP contribution in [0.5, 0.6) is 11.5 Å². The Morgan fingerprint density at radius 3 is 2.64 bits per heavy atom. The van der Waals surface area contributed by atoms with Gasteiger partial charge in [0.05, 0.1) is 24.4 Å². The van der Waals surface area contributed by atoms with Crippen molar-refractivity contribution in [2.45, 2.75) is 13.5 Å². The number of rotatable bonds is 6. The largest absolute Gasteiger partial charge is 0.490 e. The molecule has 0 aliphatic carbocycles. The summed E-state index contributed by atoms with van der Waals surface area (Å²) in [7, 11) is 0. The van der Waals surface area contributed by atoms with E-state index in [4.69, 9.17) is 30.8 Å². The fourth-order valence-corrected chi connectivity index (χ4v) is 2.36. The van der Waals surface area contributed by atoms with Gasteiger partial charge in [-0.25, -0.2) is 4.98 Å². The van der Waals surface area contributed by atoms with Crippen molar-refractivity contribution in [2.24, 2.45) is 0 Å². The molecule has 3 rings (SSSR count). The highest BCUT2D eigenvalue weighted by atomic mass is 35.5. The lowest BCUT2D eigenvalue weighted by Gasteiger charge is -2.10. The van der Waals surface area contributed by atoms with Crippen LogP contribution in [0.1, 0.15) is 18.4 Å². The van der Waals surface area contributed by atoms with Crippen LogP contribution in [-0.2, 0) is 6.61 Å². The summed E-state index contributed by atoms with van der Waals surface area (Å²) in [5.74, 6) is 2.13. The maximum atomic E-state index is 8.98. The van der Waals surface area contributed by atoms with E-state index in [0.29, 0.717) is 40.3 Å². The summed E-state index contributed by atoms with van der Waals surface area (Å²) in [6.07, 6.45) is 1.64. The summed E-state index contributed by atoms with van der Waals surface area (Å²) >= 11 is 5.89. The van der Waals surface area contributed by atoms with Crippen LogP contribution < -0.4 is 9.47 Å². The molecule has 25 heavy (non-hydrogen) atoms. The van der Waals surface area contributed by atoms with Crippen molar-refractivity contribution in [3.63, 3.8) is 0 Å². The summed E-state index contributed by atoms with van der Waals surface area (Å²) in [6, 6.07) is 14.4. The van der Waals surface area contributed by atoms with E-state index in [1.165, 1.54) is 0 Å². The minimum Gasteiger partial charge on any atom is -0.490 e. The quantitative estimate of drug-likeness (QED) is 0.633. The number of oxazole rings is 1. The second kappa shape index (κ2) is 7.73. The molecule has 0 saturated carbocycles. The van der Waals surface area contributed by atoms with E-state index in [9.17, 15) is 0 Å². The number of halogens is 1. The molecule has 0 spiro atoms. The zero-order chi connectivity index (χ0) is 17.6. The molecular weight excluding hydrogens is 340 g/mol. The van der Waals surface area contributed by atoms with E-state index < -0.39 is 0 Å². The maximum Gasteiger partial charge on any atom is 0.232 e. The van der Waals surface area contributed by atoms with Crippen LogP contribution in [0.2, 0.25) is 5.02 Å². The highest BCUT2D eigenvalue weighted by molar-refractivity contribution is 6.30. The number of nitriles is 1. The number of aromatic nitrogens is 1. The Kier molecular flexibility index (Phi) is 5.22. The smallest absolute Gasteiger partial charge is 0.232 e. The zero-order valence-corrected chi connectivity index (χ0v) is 14.3. The van der Waals surface area contributed by atoms with E-state index in [1.54, 1.807) is 36.5 Å². The van der Waals surface area contributed by atoms with Crippen molar-refractivity contribution in [3.8, 4) is 28.9 Å². The van der Waals surface area contributed by atoms with Gasteiger partial charge in [-0.05, 0) is 43.3 Å². The first-order valence-corrected chi connectivity index (χ1v) is 8.07. The number of benzene rings is 2. The molecule has 1 heterocycles. The SMILES string of the molecule is CCOc1cc(C#N)ccc1OCc1ncc(-c2ccc(Cl)cc2)o1. The molecule has 0 N–H and O–H groups in total. The van der Waals surface area contributed by atoms with Gasteiger partial charge < -0.3 is 13.9 Å². The molecule has 6 heteroatoms. The van der Waals surface area contributed by atoms with E-state index in [2.05, 4.69) is 11.1 Å². The van der Waals surface area contributed by atoms with Gasteiger partial charge in [0, 0.05) is 16.7 Å².